The number of nitrogens with two attached hydrogens (primary N) is 1. The molecule has 1 aliphatic heterocycles. The number of anilines is 1. The van der Waals surface area contributed by atoms with Crippen molar-refractivity contribution in [3.8, 4) is 23.2 Å². The van der Waals surface area contributed by atoms with Gasteiger partial charge in [0.05, 0.1) is 18.7 Å². The van der Waals surface area contributed by atoms with Crippen molar-refractivity contribution in [3.63, 3.8) is 0 Å². The van der Waals surface area contributed by atoms with E-state index < -0.39 is 0 Å². The first-order valence-corrected chi connectivity index (χ1v) is 10.3. The molecule has 32 heavy (non-hydrogen) atoms. The zero-order valence-electron chi connectivity index (χ0n) is 18.6. The lowest BCUT2D eigenvalue weighted by molar-refractivity contribution is -0.129. The zero-order valence-corrected chi connectivity index (χ0v) is 18.6. The smallest absolute Gasteiger partial charge is 0.316 e. The number of nitrogens with zero attached hydrogens (tertiary/aromatic N) is 6. The summed E-state index contributed by atoms with van der Waals surface area (Å²) >= 11 is 0. The van der Waals surface area contributed by atoms with Crippen LogP contribution in [0.25, 0.3) is 11.1 Å². The molecule has 1 fully saturated rings. The number of allylic oxidation sites excluding steroid dienone is 2. The van der Waals surface area contributed by atoms with Crippen molar-refractivity contribution in [1.82, 2.24) is 14.9 Å². The van der Waals surface area contributed by atoms with Crippen molar-refractivity contribution in [2.75, 3.05) is 44.7 Å². The minimum Gasteiger partial charge on any atom is -0.467 e. The fourth-order valence-electron chi connectivity index (χ4n) is 3.54. The molecule has 0 atom stereocenters. The van der Waals surface area contributed by atoms with E-state index in [1.54, 1.807) is 31.5 Å². The molecule has 2 heterocycles. The normalized spacial score (nSPS) is 14.8. The summed E-state index contributed by atoms with van der Waals surface area (Å²) in [5.41, 5.74) is 10.2. The number of benzene rings is 1. The number of hydrogen-bond donors (Lipinski definition) is 1. The quantitative estimate of drug-likeness (QED) is 0.692. The van der Waals surface area contributed by atoms with Gasteiger partial charge in [0.15, 0.2) is 0 Å². The molecule has 0 radical (unpaired) electrons. The maximum atomic E-state index is 12.5. The standard InChI is InChI=1S/C23H27N7O2/c1-16(25)10-17(2)26-15-22(31)30-8-6-29(7-9-30)21-5-4-18(12-24)11-20(21)19-13-27-23(32-3)28-14-19/h4-5,10-11,13-14H,6-9,15,25H2,1-3H3. The third-order valence-electron chi connectivity index (χ3n) is 5.12. The summed E-state index contributed by atoms with van der Waals surface area (Å²) in [6, 6.07) is 8.04. The van der Waals surface area contributed by atoms with Crippen LogP contribution in [0.2, 0.25) is 0 Å². The van der Waals surface area contributed by atoms with Crippen LogP contribution in [0.15, 0.2) is 47.4 Å². The number of piperazine rings is 1. The Balaban J connectivity index is 1.73. The van der Waals surface area contributed by atoms with E-state index in [-0.39, 0.29) is 18.5 Å². The number of methoxy groups -OCH3 is 1. The molecule has 0 aliphatic carbocycles. The van der Waals surface area contributed by atoms with Crippen LogP contribution < -0.4 is 15.4 Å². The Bertz CT molecular complexity index is 1060. The van der Waals surface area contributed by atoms with Gasteiger partial charge >= 0.3 is 6.01 Å². The Morgan fingerprint density at radius 3 is 2.53 bits per heavy atom. The van der Waals surface area contributed by atoms with E-state index in [0.29, 0.717) is 37.4 Å². The Morgan fingerprint density at radius 1 is 1.25 bits per heavy atom. The first-order chi connectivity index (χ1) is 15.4. The second kappa shape index (κ2) is 10.4. The largest absolute Gasteiger partial charge is 0.467 e. The van der Waals surface area contributed by atoms with Crippen LogP contribution in [0.3, 0.4) is 0 Å². The van der Waals surface area contributed by atoms with Crippen molar-refractivity contribution in [1.29, 1.82) is 5.26 Å². The predicted octanol–water partition coefficient (Wildman–Crippen LogP) is 2.00. The molecule has 166 valence electrons. The van der Waals surface area contributed by atoms with E-state index in [4.69, 9.17) is 10.5 Å². The van der Waals surface area contributed by atoms with E-state index in [1.165, 1.54) is 7.11 Å². The molecule has 1 saturated heterocycles. The van der Waals surface area contributed by atoms with Crippen LogP contribution in [-0.2, 0) is 4.79 Å². The van der Waals surface area contributed by atoms with Crippen LogP contribution in [0.4, 0.5) is 5.69 Å². The Hall–Kier alpha value is -3.93. The molecule has 1 aromatic heterocycles. The number of carbonyl (C=O) groups is 1. The molecule has 3 rings (SSSR count). The van der Waals surface area contributed by atoms with Gasteiger partial charge in [-0.3, -0.25) is 9.79 Å². The van der Waals surface area contributed by atoms with E-state index in [1.807, 2.05) is 24.0 Å². The first-order valence-electron chi connectivity index (χ1n) is 10.3. The van der Waals surface area contributed by atoms with Gasteiger partial charge in [-0.15, -0.1) is 0 Å². The lowest BCUT2D eigenvalue weighted by atomic mass is 10.0. The molecule has 9 nitrogen and oxygen atoms in total. The third kappa shape index (κ3) is 5.60. The lowest BCUT2D eigenvalue weighted by Gasteiger charge is -2.37. The highest BCUT2D eigenvalue weighted by molar-refractivity contribution is 5.94. The number of ether oxygens (including phenoxy) is 1. The predicted molar refractivity (Wildman–Crippen MR) is 123 cm³/mol. The highest BCUT2D eigenvalue weighted by Crippen LogP contribution is 2.32. The number of aromatic nitrogens is 2. The van der Waals surface area contributed by atoms with Gasteiger partial charge in [-0.2, -0.15) is 5.26 Å². The Labute approximate surface area is 187 Å². The minimum absolute atomic E-state index is 0.00400. The van der Waals surface area contributed by atoms with Gasteiger partial charge in [0, 0.05) is 66.8 Å². The monoisotopic (exact) mass is 433 g/mol. The fourth-order valence-corrected chi connectivity index (χ4v) is 3.54. The van der Waals surface area contributed by atoms with Crippen molar-refractivity contribution in [2.45, 2.75) is 13.8 Å². The molecule has 0 saturated carbocycles. The van der Waals surface area contributed by atoms with E-state index in [2.05, 4.69) is 25.9 Å². The zero-order chi connectivity index (χ0) is 23.1. The summed E-state index contributed by atoms with van der Waals surface area (Å²) in [6.45, 7) is 6.26. The first kappa shape index (κ1) is 22.7. The molecule has 0 spiro atoms. The number of carbonyl (C=O) groups excluding carboxylic acids is 1. The average Bonchev–Trinajstić information content (AvgIpc) is 2.82. The highest BCUT2D eigenvalue weighted by Gasteiger charge is 2.23. The van der Waals surface area contributed by atoms with Crippen LogP contribution >= 0.6 is 0 Å². The summed E-state index contributed by atoms with van der Waals surface area (Å²) < 4.78 is 5.04. The number of amides is 1. The number of nitriles is 1. The molecule has 0 unspecified atom stereocenters. The summed E-state index contributed by atoms with van der Waals surface area (Å²) in [4.78, 5) is 29.3. The van der Waals surface area contributed by atoms with Gasteiger partial charge in [-0.05, 0) is 38.1 Å². The van der Waals surface area contributed by atoms with Crippen molar-refractivity contribution in [2.24, 2.45) is 10.7 Å². The molecule has 9 heteroatoms. The molecule has 2 N–H and O–H groups in total. The number of aliphatic imine (C=N–C) groups is 1. The second-order valence-electron chi connectivity index (χ2n) is 7.52. The Kier molecular flexibility index (Phi) is 7.39. The van der Waals surface area contributed by atoms with Crippen molar-refractivity contribution in [3.05, 3.63) is 47.9 Å². The van der Waals surface area contributed by atoms with Gasteiger partial charge in [-0.25, -0.2) is 9.97 Å². The summed E-state index contributed by atoms with van der Waals surface area (Å²) in [6.07, 6.45) is 5.12. The molecule has 1 aliphatic rings. The average molecular weight is 434 g/mol. The minimum atomic E-state index is -0.00400. The van der Waals surface area contributed by atoms with Crippen LogP contribution in [0.1, 0.15) is 19.4 Å². The van der Waals surface area contributed by atoms with Crippen LogP contribution in [0, 0.1) is 11.3 Å². The number of hydrogen-bond acceptors (Lipinski definition) is 8. The van der Waals surface area contributed by atoms with Crippen LogP contribution in [-0.4, -0.2) is 66.3 Å². The number of rotatable bonds is 6. The van der Waals surface area contributed by atoms with Crippen molar-refractivity contribution < 1.29 is 9.53 Å². The van der Waals surface area contributed by atoms with E-state index in [9.17, 15) is 10.1 Å². The summed E-state index contributed by atoms with van der Waals surface area (Å²) in [7, 11) is 1.51. The van der Waals surface area contributed by atoms with Gasteiger partial charge in [0.2, 0.25) is 5.91 Å². The van der Waals surface area contributed by atoms with Gasteiger partial charge in [-0.1, -0.05) is 0 Å². The van der Waals surface area contributed by atoms with E-state index >= 15 is 0 Å². The lowest BCUT2D eigenvalue weighted by Crippen LogP contribution is -2.49. The summed E-state index contributed by atoms with van der Waals surface area (Å²) in [5, 5.41) is 9.35. The molecule has 1 aromatic carbocycles. The topological polar surface area (TPSA) is 121 Å². The SMILES string of the molecule is COc1ncc(-c2cc(C#N)ccc2N2CCN(C(=O)CN=C(C)C=C(C)N)CC2)cn1. The fraction of sp³-hybridized carbons (Fsp3) is 0.348. The maximum Gasteiger partial charge on any atom is 0.316 e. The van der Waals surface area contributed by atoms with E-state index in [0.717, 1.165) is 22.5 Å². The molecule has 1 amide bonds. The van der Waals surface area contributed by atoms with Crippen LogP contribution in [0.5, 0.6) is 6.01 Å². The second-order valence-corrected chi connectivity index (χ2v) is 7.52. The Morgan fingerprint density at radius 2 is 1.94 bits per heavy atom. The molecule has 0 bridgehead atoms. The molecular weight excluding hydrogens is 406 g/mol. The van der Waals surface area contributed by atoms with Gasteiger partial charge < -0.3 is 20.3 Å². The summed E-state index contributed by atoms with van der Waals surface area (Å²) in [5.74, 6) is -0.00400. The highest BCUT2D eigenvalue weighted by atomic mass is 16.5. The van der Waals surface area contributed by atoms with Gasteiger partial charge in [0.25, 0.3) is 0 Å². The van der Waals surface area contributed by atoms with Gasteiger partial charge in [0.1, 0.15) is 6.54 Å². The third-order valence-corrected chi connectivity index (χ3v) is 5.12. The molecular formula is C23H27N7O2. The molecule has 2 aromatic rings. The maximum absolute atomic E-state index is 12.5. The van der Waals surface area contributed by atoms with Crippen molar-refractivity contribution >= 4 is 17.3 Å².